The third-order valence-electron chi connectivity index (χ3n) is 5.39. The molecule has 8 N–H and O–H groups in total. The maximum atomic E-state index is 13.2. The molecule has 0 heterocycles. The molecule has 0 saturated carbocycles. The first kappa shape index (κ1) is 28.8. The standard InChI is InChI=1S/C25H30N4O8/c26-14-21(31)27-18(10-11-22(32)33)23(34)28-19(12-15-4-2-1-3-5-15)24(35)29-20(25(36)37)13-16-6-8-17(30)9-7-16/h1-9,18-20,30H,10-14,26H2,(H,27,31)(H,28,34)(H,29,35)(H,32,33)(H,36,37). The lowest BCUT2D eigenvalue weighted by Gasteiger charge is -2.24. The van der Waals surface area contributed by atoms with Crippen molar-refractivity contribution in [3.8, 4) is 5.75 Å². The molecule has 198 valence electrons. The maximum absolute atomic E-state index is 13.2. The van der Waals surface area contributed by atoms with Crippen LogP contribution in [0, 0.1) is 0 Å². The lowest BCUT2D eigenvalue weighted by atomic mass is 10.0. The molecule has 2 aromatic rings. The maximum Gasteiger partial charge on any atom is 0.326 e. The zero-order valence-corrected chi connectivity index (χ0v) is 19.9. The number of hydrogen-bond donors (Lipinski definition) is 7. The highest BCUT2D eigenvalue weighted by molar-refractivity contribution is 5.94. The van der Waals surface area contributed by atoms with Gasteiger partial charge in [0.15, 0.2) is 0 Å². The van der Waals surface area contributed by atoms with Crippen molar-refractivity contribution in [3.05, 3.63) is 65.7 Å². The van der Waals surface area contributed by atoms with E-state index in [9.17, 15) is 34.2 Å². The number of nitrogens with two attached hydrogens (primary N) is 1. The average molecular weight is 515 g/mol. The van der Waals surface area contributed by atoms with Crippen LogP contribution in [-0.2, 0) is 36.8 Å². The molecule has 0 aliphatic carbocycles. The number of benzene rings is 2. The molecule has 3 atom stereocenters. The van der Waals surface area contributed by atoms with Crippen molar-refractivity contribution in [1.82, 2.24) is 16.0 Å². The Morgan fingerprint density at radius 3 is 1.84 bits per heavy atom. The fourth-order valence-electron chi connectivity index (χ4n) is 3.46. The molecule has 12 nitrogen and oxygen atoms in total. The van der Waals surface area contributed by atoms with E-state index in [0.717, 1.165) is 0 Å². The van der Waals surface area contributed by atoms with Crippen LogP contribution in [0.25, 0.3) is 0 Å². The number of aliphatic carboxylic acids is 2. The minimum atomic E-state index is -1.34. The van der Waals surface area contributed by atoms with Crippen molar-refractivity contribution in [3.63, 3.8) is 0 Å². The van der Waals surface area contributed by atoms with Gasteiger partial charge in [-0.3, -0.25) is 19.2 Å². The molecule has 3 unspecified atom stereocenters. The zero-order chi connectivity index (χ0) is 27.4. The van der Waals surface area contributed by atoms with Crippen LogP contribution in [0.3, 0.4) is 0 Å². The smallest absolute Gasteiger partial charge is 0.326 e. The van der Waals surface area contributed by atoms with Crippen LogP contribution >= 0.6 is 0 Å². The van der Waals surface area contributed by atoms with Crippen LogP contribution in [0.15, 0.2) is 54.6 Å². The van der Waals surface area contributed by atoms with Gasteiger partial charge < -0.3 is 37.0 Å². The number of hydrogen-bond acceptors (Lipinski definition) is 7. The second-order valence-electron chi connectivity index (χ2n) is 8.28. The summed E-state index contributed by atoms with van der Waals surface area (Å²) in [6.07, 6.45) is -0.751. The Bertz CT molecular complexity index is 1090. The minimum absolute atomic E-state index is 0.000444. The van der Waals surface area contributed by atoms with Crippen molar-refractivity contribution in [1.29, 1.82) is 0 Å². The first-order valence-corrected chi connectivity index (χ1v) is 11.5. The van der Waals surface area contributed by atoms with Gasteiger partial charge >= 0.3 is 11.9 Å². The lowest BCUT2D eigenvalue weighted by Crippen LogP contribution is -2.57. The van der Waals surface area contributed by atoms with E-state index >= 15 is 0 Å². The van der Waals surface area contributed by atoms with Gasteiger partial charge in [-0.25, -0.2) is 4.79 Å². The number of rotatable bonds is 14. The molecule has 2 aromatic carbocycles. The van der Waals surface area contributed by atoms with Crippen LogP contribution in [-0.4, -0.2) is 69.7 Å². The Morgan fingerprint density at radius 1 is 0.730 bits per heavy atom. The van der Waals surface area contributed by atoms with E-state index in [-0.39, 0.29) is 25.0 Å². The number of carboxylic acid groups (broad SMARTS) is 2. The van der Waals surface area contributed by atoms with Gasteiger partial charge in [0.1, 0.15) is 23.9 Å². The Kier molecular flexibility index (Phi) is 11.0. The number of amides is 3. The number of carbonyl (C=O) groups is 5. The van der Waals surface area contributed by atoms with Crippen molar-refractivity contribution in [2.24, 2.45) is 5.73 Å². The molecule has 0 bridgehead atoms. The largest absolute Gasteiger partial charge is 0.508 e. The number of carboxylic acids is 2. The summed E-state index contributed by atoms with van der Waals surface area (Å²) in [6, 6.07) is 10.6. The van der Waals surface area contributed by atoms with E-state index in [1.165, 1.54) is 24.3 Å². The van der Waals surface area contributed by atoms with Gasteiger partial charge in [-0.2, -0.15) is 0 Å². The SMILES string of the molecule is NCC(=O)NC(CCC(=O)O)C(=O)NC(Cc1ccccc1)C(=O)NC(Cc1ccc(O)cc1)C(=O)O. The fourth-order valence-corrected chi connectivity index (χ4v) is 3.46. The molecule has 0 aliphatic heterocycles. The third kappa shape index (κ3) is 9.98. The topological polar surface area (TPSA) is 208 Å². The Balaban J connectivity index is 2.23. The number of phenols is 1. The quantitative estimate of drug-likeness (QED) is 0.174. The van der Waals surface area contributed by atoms with Gasteiger partial charge in [-0.15, -0.1) is 0 Å². The molecule has 0 saturated heterocycles. The fraction of sp³-hybridized carbons (Fsp3) is 0.320. The highest BCUT2D eigenvalue weighted by Gasteiger charge is 2.30. The number of carbonyl (C=O) groups excluding carboxylic acids is 3. The van der Waals surface area contributed by atoms with Gasteiger partial charge in [-0.1, -0.05) is 42.5 Å². The van der Waals surface area contributed by atoms with Crippen molar-refractivity contribution >= 4 is 29.7 Å². The first-order chi connectivity index (χ1) is 17.6. The van der Waals surface area contributed by atoms with Gasteiger partial charge in [0.25, 0.3) is 0 Å². The molecule has 0 radical (unpaired) electrons. The highest BCUT2D eigenvalue weighted by Crippen LogP contribution is 2.12. The Labute approximate surface area is 212 Å². The minimum Gasteiger partial charge on any atom is -0.508 e. The van der Waals surface area contributed by atoms with Gasteiger partial charge in [-0.05, 0) is 29.7 Å². The van der Waals surface area contributed by atoms with Gasteiger partial charge in [0.2, 0.25) is 17.7 Å². The molecule has 0 aliphatic rings. The molecular formula is C25H30N4O8. The summed E-state index contributed by atoms with van der Waals surface area (Å²) in [4.78, 5) is 60.8. The summed E-state index contributed by atoms with van der Waals surface area (Å²) in [5, 5.41) is 35.4. The third-order valence-corrected chi connectivity index (χ3v) is 5.39. The molecule has 0 fully saturated rings. The van der Waals surface area contributed by atoms with Crippen molar-refractivity contribution in [2.75, 3.05) is 6.54 Å². The van der Waals surface area contributed by atoms with Crippen LogP contribution in [0.2, 0.25) is 0 Å². The Morgan fingerprint density at radius 2 is 1.27 bits per heavy atom. The second kappa shape index (κ2) is 14.2. The van der Waals surface area contributed by atoms with Crippen LogP contribution in [0.5, 0.6) is 5.75 Å². The number of aromatic hydroxyl groups is 1. The summed E-state index contributed by atoms with van der Waals surface area (Å²) in [7, 11) is 0. The van der Waals surface area contributed by atoms with E-state index in [1.54, 1.807) is 30.3 Å². The van der Waals surface area contributed by atoms with Crippen molar-refractivity contribution < 1.29 is 39.3 Å². The molecule has 37 heavy (non-hydrogen) atoms. The van der Waals surface area contributed by atoms with E-state index in [2.05, 4.69) is 16.0 Å². The van der Waals surface area contributed by atoms with E-state index in [1.807, 2.05) is 0 Å². The first-order valence-electron chi connectivity index (χ1n) is 11.5. The predicted molar refractivity (Wildman–Crippen MR) is 131 cm³/mol. The van der Waals surface area contributed by atoms with Crippen LogP contribution in [0.4, 0.5) is 0 Å². The Hall–Kier alpha value is -4.45. The summed E-state index contributed by atoms with van der Waals surface area (Å²) >= 11 is 0. The molecule has 0 aromatic heterocycles. The zero-order valence-electron chi connectivity index (χ0n) is 19.9. The molecule has 12 heteroatoms. The summed E-state index contributed by atoms with van der Waals surface area (Å²) in [5.41, 5.74) is 6.51. The molecule has 2 rings (SSSR count). The van der Waals surface area contributed by atoms with Crippen LogP contribution in [0.1, 0.15) is 24.0 Å². The predicted octanol–water partition coefficient (Wildman–Crippen LogP) is -0.460. The summed E-state index contributed by atoms with van der Waals surface area (Å²) in [6.45, 7) is -0.428. The molecular weight excluding hydrogens is 484 g/mol. The summed E-state index contributed by atoms with van der Waals surface area (Å²) < 4.78 is 0. The molecule has 3 amide bonds. The summed E-state index contributed by atoms with van der Waals surface area (Å²) in [5.74, 6) is -4.77. The van der Waals surface area contributed by atoms with Crippen molar-refractivity contribution in [2.45, 2.75) is 43.8 Å². The monoisotopic (exact) mass is 514 g/mol. The second-order valence-corrected chi connectivity index (χ2v) is 8.28. The molecule has 0 spiro atoms. The number of nitrogens with one attached hydrogen (secondary N) is 3. The average Bonchev–Trinajstić information content (AvgIpc) is 2.87. The number of phenolic OH excluding ortho intramolecular Hbond substituents is 1. The highest BCUT2D eigenvalue weighted by atomic mass is 16.4. The lowest BCUT2D eigenvalue weighted by molar-refractivity contribution is -0.142. The van der Waals surface area contributed by atoms with E-state index in [4.69, 9.17) is 10.8 Å². The van der Waals surface area contributed by atoms with Gasteiger partial charge in [0.05, 0.1) is 6.54 Å². The van der Waals surface area contributed by atoms with E-state index < -0.39 is 60.8 Å². The van der Waals surface area contributed by atoms with Gasteiger partial charge in [0, 0.05) is 19.3 Å². The normalized spacial score (nSPS) is 13.0. The van der Waals surface area contributed by atoms with Crippen LogP contribution < -0.4 is 21.7 Å². The van der Waals surface area contributed by atoms with E-state index in [0.29, 0.717) is 11.1 Å².